The lowest BCUT2D eigenvalue weighted by molar-refractivity contribution is 0.306. The van der Waals surface area contributed by atoms with Crippen molar-refractivity contribution >= 4 is 16.9 Å². The summed E-state index contributed by atoms with van der Waals surface area (Å²) in [6, 6.07) is 20.0. The zero-order chi connectivity index (χ0) is 16.4. The van der Waals surface area contributed by atoms with Gasteiger partial charge in [-0.1, -0.05) is 30.3 Å². The van der Waals surface area contributed by atoms with Crippen LogP contribution in [0.3, 0.4) is 0 Å². The van der Waals surface area contributed by atoms with Gasteiger partial charge in [0.1, 0.15) is 30.1 Å². The van der Waals surface area contributed by atoms with Gasteiger partial charge in [0.05, 0.1) is 5.39 Å². The van der Waals surface area contributed by atoms with E-state index in [4.69, 9.17) is 10.5 Å². The number of nitrogens with two attached hydrogens (primary N) is 1. The van der Waals surface area contributed by atoms with Crippen LogP contribution in [0, 0.1) is 0 Å². The van der Waals surface area contributed by atoms with E-state index in [-0.39, 0.29) is 0 Å². The highest BCUT2D eigenvalue weighted by Gasteiger charge is 2.07. The summed E-state index contributed by atoms with van der Waals surface area (Å²) >= 11 is 0. The van der Waals surface area contributed by atoms with Crippen molar-refractivity contribution in [3.8, 4) is 17.0 Å². The molecule has 0 aliphatic heterocycles. The minimum Gasteiger partial charge on any atom is -0.489 e. The Hall–Kier alpha value is -3.34. The molecular formula is C19H16N4O. The summed E-state index contributed by atoms with van der Waals surface area (Å²) in [5.41, 5.74) is 9.75. The number of fused-ring (bicyclic) bond motifs is 1. The van der Waals surface area contributed by atoms with Gasteiger partial charge < -0.3 is 15.5 Å². The Balaban J connectivity index is 1.53. The second-order valence-corrected chi connectivity index (χ2v) is 5.50. The maximum absolute atomic E-state index is 5.88. The number of nitrogens with one attached hydrogen (secondary N) is 1. The van der Waals surface area contributed by atoms with Gasteiger partial charge in [-0.05, 0) is 41.5 Å². The molecule has 118 valence electrons. The lowest BCUT2D eigenvalue weighted by Crippen LogP contribution is -1.94. The number of nitrogen functional groups attached to an aromatic ring is 1. The lowest BCUT2D eigenvalue weighted by atomic mass is 10.1. The smallest absolute Gasteiger partial charge is 0.143 e. The first-order chi connectivity index (χ1) is 11.8. The average molecular weight is 316 g/mol. The Morgan fingerprint density at radius 2 is 1.75 bits per heavy atom. The van der Waals surface area contributed by atoms with Crippen LogP contribution in [0.1, 0.15) is 5.56 Å². The van der Waals surface area contributed by atoms with Crippen molar-refractivity contribution in [2.75, 3.05) is 5.73 Å². The normalized spacial score (nSPS) is 10.8. The molecule has 0 atom stereocenters. The predicted octanol–water partition coefficient (Wildman–Crippen LogP) is 3.79. The molecule has 2 aromatic heterocycles. The molecule has 0 spiro atoms. The van der Waals surface area contributed by atoms with E-state index in [2.05, 4.69) is 15.0 Å². The second kappa shape index (κ2) is 6.04. The molecule has 0 bridgehead atoms. The first-order valence-corrected chi connectivity index (χ1v) is 7.66. The molecule has 0 amide bonds. The van der Waals surface area contributed by atoms with Crippen molar-refractivity contribution in [3.63, 3.8) is 0 Å². The van der Waals surface area contributed by atoms with Crippen molar-refractivity contribution < 1.29 is 4.74 Å². The third-order valence-electron chi connectivity index (χ3n) is 3.87. The summed E-state index contributed by atoms with van der Waals surface area (Å²) < 4.78 is 5.81. The van der Waals surface area contributed by atoms with Crippen LogP contribution in [-0.4, -0.2) is 15.0 Å². The van der Waals surface area contributed by atoms with E-state index in [1.165, 1.54) is 6.33 Å². The Morgan fingerprint density at radius 1 is 0.958 bits per heavy atom. The van der Waals surface area contributed by atoms with Crippen LogP contribution < -0.4 is 10.5 Å². The van der Waals surface area contributed by atoms with E-state index in [1.807, 2.05) is 60.7 Å². The van der Waals surface area contributed by atoms with E-state index < -0.39 is 0 Å². The molecule has 24 heavy (non-hydrogen) atoms. The van der Waals surface area contributed by atoms with Crippen molar-refractivity contribution in [3.05, 3.63) is 72.6 Å². The summed E-state index contributed by atoms with van der Waals surface area (Å²) in [7, 11) is 0. The molecule has 0 fully saturated rings. The highest BCUT2D eigenvalue weighted by molar-refractivity contribution is 5.90. The predicted molar refractivity (Wildman–Crippen MR) is 94.5 cm³/mol. The summed E-state index contributed by atoms with van der Waals surface area (Å²) in [4.78, 5) is 11.5. The van der Waals surface area contributed by atoms with Crippen molar-refractivity contribution in [1.82, 2.24) is 15.0 Å². The lowest BCUT2D eigenvalue weighted by Gasteiger charge is -2.07. The van der Waals surface area contributed by atoms with Crippen LogP contribution in [0.15, 0.2) is 67.0 Å². The Labute approximate surface area is 139 Å². The number of hydrogen-bond acceptors (Lipinski definition) is 4. The fraction of sp³-hybridized carbons (Fsp3) is 0.0526. The van der Waals surface area contributed by atoms with Gasteiger partial charge >= 0.3 is 0 Å². The molecule has 4 rings (SSSR count). The zero-order valence-electron chi connectivity index (χ0n) is 12.9. The summed E-state index contributed by atoms with van der Waals surface area (Å²) in [6.45, 7) is 0.554. The standard InChI is InChI=1S/C19H16N4O/c20-18-16-10-17(23-19(16)22-12-21-18)14-6-8-15(9-7-14)24-11-13-4-2-1-3-5-13/h1-10,12H,11H2,(H3,20,21,22,23). The molecule has 4 aromatic rings. The van der Waals surface area contributed by atoms with Gasteiger partial charge in [-0.15, -0.1) is 0 Å². The van der Waals surface area contributed by atoms with E-state index in [1.54, 1.807) is 0 Å². The Kier molecular flexibility index (Phi) is 3.59. The van der Waals surface area contributed by atoms with E-state index in [9.17, 15) is 0 Å². The van der Waals surface area contributed by atoms with Crippen LogP contribution >= 0.6 is 0 Å². The van der Waals surface area contributed by atoms with Crippen molar-refractivity contribution in [1.29, 1.82) is 0 Å². The molecule has 0 saturated heterocycles. The number of aromatic nitrogens is 3. The van der Waals surface area contributed by atoms with Crippen molar-refractivity contribution in [2.24, 2.45) is 0 Å². The average Bonchev–Trinajstić information content (AvgIpc) is 3.07. The summed E-state index contributed by atoms with van der Waals surface area (Å²) in [5.74, 6) is 1.31. The quantitative estimate of drug-likeness (QED) is 0.600. The summed E-state index contributed by atoms with van der Waals surface area (Å²) in [5, 5.41) is 0.830. The highest BCUT2D eigenvalue weighted by Crippen LogP contribution is 2.27. The van der Waals surface area contributed by atoms with Gasteiger partial charge in [0, 0.05) is 5.69 Å². The van der Waals surface area contributed by atoms with Gasteiger partial charge in [0.25, 0.3) is 0 Å². The third kappa shape index (κ3) is 2.79. The number of aromatic amines is 1. The first kappa shape index (κ1) is 14.3. The molecule has 0 saturated carbocycles. The molecule has 5 nitrogen and oxygen atoms in total. The van der Waals surface area contributed by atoms with Crippen molar-refractivity contribution in [2.45, 2.75) is 6.61 Å². The monoisotopic (exact) mass is 316 g/mol. The Morgan fingerprint density at radius 3 is 2.50 bits per heavy atom. The zero-order valence-corrected chi connectivity index (χ0v) is 12.9. The van der Waals surface area contributed by atoms with Gasteiger partial charge in [0.2, 0.25) is 0 Å². The maximum Gasteiger partial charge on any atom is 0.143 e. The van der Waals surface area contributed by atoms with Crippen LogP contribution in [0.5, 0.6) is 5.75 Å². The molecule has 0 radical (unpaired) electrons. The topological polar surface area (TPSA) is 76.8 Å². The molecular weight excluding hydrogens is 300 g/mol. The van der Waals surface area contributed by atoms with Gasteiger partial charge in [0.15, 0.2) is 0 Å². The minimum atomic E-state index is 0.477. The van der Waals surface area contributed by atoms with Crippen LogP contribution in [-0.2, 0) is 6.61 Å². The molecule has 2 aromatic carbocycles. The number of ether oxygens (including phenoxy) is 1. The number of nitrogens with zero attached hydrogens (tertiary/aromatic N) is 2. The number of H-pyrrole nitrogens is 1. The van der Waals surface area contributed by atoms with Crippen LogP contribution in [0.25, 0.3) is 22.3 Å². The molecule has 0 aliphatic carbocycles. The van der Waals surface area contributed by atoms with E-state index in [0.717, 1.165) is 33.6 Å². The fourth-order valence-electron chi connectivity index (χ4n) is 2.59. The van der Waals surface area contributed by atoms with Gasteiger partial charge in [-0.3, -0.25) is 0 Å². The van der Waals surface area contributed by atoms with E-state index in [0.29, 0.717) is 12.4 Å². The SMILES string of the molecule is Nc1ncnc2[nH]c(-c3ccc(OCc4ccccc4)cc3)cc12. The first-order valence-electron chi connectivity index (χ1n) is 7.66. The number of hydrogen-bond donors (Lipinski definition) is 2. The largest absolute Gasteiger partial charge is 0.489 e. The molecule has 0 aliphatic rings. The summed E-state index contributed by atoms with van der Waals surface area (Å²) in [6.07, 6.45) is 1.46. The molecule has 3 N–H and O–H groups in total. The second-order valence-electron chi connectivity index (χ2n) is 5.50. The fourth-order valence-corrected chi connectivity index (χ4v) is 2.59. The molecule has 0 unspecified atom stereocenters. The third-order valence-corrected chi connectivity index (χ3v) is 3.87. The van der Waals surface area contributed by atoms with Crippen LogP contribution in [0.2, 0.25) is 0 Å². The van der Waals surface area contributed by atoms with Gasteiger partial charge in [-0.2, -0.15) is 0 Å². The maximum atomic E-state index is 5.88. The van der Waals surface area contributed by atoms with E-state index >= 15 is 0 Å². The highest BCUT2D eigenvalue weighted by atomic mass is 16.5. The molecule has 2 heterocycles. The number of rotatable bonds is 4. The molecule has 5 heteroatoms. The number of anilines is 1. The van der Waals surface area contributed by atoms with Crippen LogP contribution in [0.4, 0.5) is 5.82 Å². The Bertz CT molecular complexity index is 962. The minimum absolute atomic E-state index is 0.477. The van der Waals surface area contributed by atoms with Gasteiger partial charge in [-0.25, -0.2) is 9.97 Å². The number of benzene rings is 2.